The van der Waals surface area contributed by atoms with Gasteiger partial charge >= 0.3 is 0 Å². The van der Waals surface area contributed by atoms with E-state index in [0.29, 0.717) is 11.1 Å². The monoisotopic (exact) mass is 333 g/mol. The fraction of sp³-hybridized carbons (Fsp3) is 0.214. The number of amides is 2. The molecule has 102 valence electrons. The van der Waals surface area contributed by atoms with Gasteiger partial charge in [0.05, 0.1) is 11.1 Å². The highest BCUT2D eigenvalue weighted by Gasteiger charge is 2.29. The maximum atomic E-state index is 12.1. The van der Waals surface area contributed by atoms with Gasteiger partial charge in [-0.1, -0.05) is 6.07 Å². The van der Waals surface area contributed by atoms with Crippen LogP contribution in [-0.2, 0) is 4.79 Å². The SMILES string of the molecule is O=C(NNC(=O)C1CC1)c1ccc(Br)c2ncccc12. The topological polar surface area (TPSA) is 71.1 Å². The molecule has 0 bridgehead atoms. The van der Waals surface area contributed by atoms with E-state index in [2.05, 4.69) is 31.8 Å². The zero-order valence-corrected chi connectivity index (χ0v) is 12.1. The van der Waals surface area contributed by atoms with Crippen LogP contribution in [0.2, 0.25) is 0 Å². The Hall–Kier alpha value is -1.95. The van der Waals surface area contributed by atoms with E-state index in [1.807, 2.05) is 6.07 Å². The van der Waals surface area contributed by atoms with Crippen molar-refractivity contribution in [3.63, 3.8) is 0 Å². The van der Waals surface area contributed by atoms with Crippen molar-refractivity contribution in [2.24, 2.45) is 5.92 Å². The Morgan fingerprint density at radius 2 is 2.00 bits per heavy atom. The average molecular weight is 334 g/mol. The molecule has 3 rings (SSSR count). The van der Waals surface area contributed by atoms with Crippen LogP contribution in [0.5, 0.6) is 0 Å². The molecule has 0 atom stereocenters. The number of fused-ring (bicyclic) bond motifs is 1. The molecular formula is C14H12BrN3O2. The number of carbonyl (C=O) groups is 2. The molecule has 1 heterocycles. The predicted octanol–water partition coefficient (Wildman–Crippen LogP) is 2.17. The van der Waals surface area contributed by atoms with Crippen molar-refractivity contribution in [2.75, 3.05) is 0 Å². The third-order valence-corrected chi connectivity index (χ3v) is 3.85. The standard InChI is InChI=1S/C14H12BrN3O2/c15-11-6-5-10(9-2-1-7-16-12(9)11)14(20)18-17-13(19)8-3-4-8/h1-2,5-8H,3-4H2,(H,17,19)(H,18,20). The van der Waals surface area contributed by atoms with Gasteiger partial charge in [-0.15, -0.1) is 0 Å². The number of hydrogen-bond donors (Lipinski definition) is 2. The van der Waals surface area contributed by atoms with E-state index < -0.39 is 0 Å². The molecule has 0 spiro atoms. The van der Waals surface area contributed by atoms with Gasteiger partial charge in [0.15, 0.2) is 0 Å². The first-order valence-corrected chi connectivity index (χ1v) is 7.09. The molecule has 0 unspecified atom stereocenters. The third-order valence-electron chi connectivity index (χ3n) is 3.21. The molecule has 1 saturated carbocycles. The van der Waals surface area contributed by atoms with Gasteiger partial charge in [-0.25, -0.2) is 0 Å². The highest BCUT2D eigenvalue weighted by Crippen LogP contribution is 2.28. The molecule has 1 fully saturated rings. The van der Waals surface area contributed by atoms with Crippen LogP contribution in [0.4, 0.5) is 0 Å². The molecule has 6 heteroatoms. The summed E-state index contributed by atoms with van der Waals surface area (Å²) in [4.78, 5) is 27.9. The second kappa shape index (κ2) is 5.20. The summed E-state index contributed by atoms with van der Waals surface area (Å²) in [7, 11) is 0. The van der Waals surface area contributed by atoms with Crippen molar-refractivity contribution in [1.82, 2.24) is 15.8 Å². The van der Waals surface area contributed by atoms with E-state index in [1.54, 1.807) is 24.4 Å². The number of hydrazine groups is 1. The molecule has 1 aromatic heterocycles. The third kappa shape index (κ3) is 2.51. The Kier molecular flexibility index (Phi) is 3.40. The van der Waals surface area contributed by atoms with Crippen molar-refractivity contribution in [1.29, 1.82) is 0 Å². The minimum Gasteiger partial charge on any atom is -0.273 e. The summed E-state index contributed by atoms with van der Waals surface area (Å²) in [5, 5.41) is 0.736. The van der Waals surface area contributed by atoms with Crippen molar-refractivity contribution in [2.45, 2.75) is 12.8 Å². The van der Waals surface area contributed by atoms with Gasteiger partial charge in [0.1, 0.15) is 0 Å². The highest BCUT2D eigenvalue weighted by atomic mass is 79.9. The molecule has 1 aliphatic rings. The summed E-state index contributed by atoms with van der Waals surface area (Å²) in [6, 6.07) is 7.07. The maximum absolute atomic E-state index is 12.1. The Labute approximate surface area is 123 Å². The molecule has 0 aliphatic heterocycles. The first-order chi connectivity index (χ1) is 9.66. The highest BCUT2D eigenvalue weighted by molar-refractivity contribution is 9.10. The molecule has 1 aliphatic carbocycles. The van der Waals surface area contributed by atoms with E-state index in [9.17, 15) is 9.59 Å². The van der Waals surface area contributed by atoms with Gasteiger partial charge in [0, 0.05) is 22.0 Å². The first kappa shape index (κ1) is 13.1. The number of rotatable bonds is 2. The van der Waals surface area contributed by atoms with E-state index in [4.69, 9.17) is 0 Å². The van der Waals surface area contributed by atoms with E-state index in [0.717, 1.165) is 22.7 Å². The Morgan fingerprint density at radius 3 is 2.75 bits per heavy atom. The number of carbonyl (C=O) groups excluding carboxylic acids is 2. The first-order valence-electron chi connectivity index (χ1n) is 6.30. The summed E-state index contributed by atoms with van der Waals surface area (Å²) < 4.78 is 0.826. The van der Waals surface area contributed by atoms with Crippen molar-refractivity contribution < 1.29 is 9.59 Å². The lowest BCUT2D eigenvalue weighted by molar-refractivity contribution is -0.123. The molecule has 2 N–H and O–H groups in total. The molecule has 1 aromatic carbocycles. The van der Waals surface area contributed by atoms with Crippen LogP contribution in [0.15, 0.2) is 34.9 Å². The molecule has 5 nitrogen and oxygen atoms in total. The normalized spacial score (nSPS) is 14.1. The molecule has 2 amide bonds. The van der Waals surface area contributed by atoms with Crippen LogP contribution < -0.4 is 10.9 Å². The second-order valence-electron chi connectivity index (χ2n) is 4.71. The smallest absolute Gasteiger partial charge is 0.270 e. The summed E-state index contributed by atoms with van der Waals surface area (Å²) >= 11 is 3.41. The zero-order chi connectivity index (χ0) is 14.1. The van der Waals surface area contributed by atoms with Crippen LogP contribution in [0.25, 0.3) is 10.9 Å². The van der Waals surface area contributed by atoms with Gasteiger partial charge in [-0.3, -0.25) is 25.4 Å². The summed E-state index contributed by atoms with van der Waals surface area (Å²) in [5.41, 5.74) is 6.10. The molecule has 0 radical (unpaired) electrons. The lowest BCUT2D eigenvalue weighted by Crippen LogP contribution is -2.42. The van der Waals surface area contributed by atoms with Crippen molar-refractivity contribution >= 4 is 38.6 Å². The Balaban J connectivity index is 1.84. The fourth-order valence-electron chi connectivity index (χ4n) is 1.97. The van der Waals surface area contributed by atoms with E-state index in [1.165, 1.54) is 0 Å². The Morgan fingerprint density at radius 1 is 1.20 bits per heavy atom. The predicted molar refractivity (Wildman–Crippen MR) is 77.8 cm³/mol. The lowest BCUT2D eigenvalue weighted by atomic mass is 10.1. The number of nitrogens with one attached hydrogen (secondary N) is 2. The van der Waals surface area contributed by atoms with Crippen LogP contribution in [0.1, 0.15) is 23.2 Å². The number of pyridine rings is 1. The summed E-state index contributed by atoms with van der Waals surface area (Å²) in [5.74, 6) is -0.416. The van der Waals surface area contributed by atoms with Gasteiger partial charge in [-0.2, -0.15) is 0 Å². The summed E-state index contributed by atoms with van der Waals surface area (Å²) in [6.07, 6.45) is 3.46. The zero-order valence-electron chi connectivity index (χ0n) is 10.5. The van der Waals surface area contributed by atoms with Crippen LogP contribution in [0, 0.1) is 5.92 Å². The maximum Gasteiger partial charge on any atom is 0.270 e. The molecule has 20 heavy (non-hydrogen) atoms. The van der Waals surface area contributed by atoms with Gasteiger partial charge in [0.2, 0.25) is 5.91 Å². The number of benzene rings is 1. The van der Waals surface area contributed by atoms with Crippen molar-refractivity contribution in [3.8, 4) is 0 Å². The molecular weight excluding hydrogens is 322 g/mol. The Bertz CT molecular complexity index is 698. The minimum atomic E-state index is -0.343. The van der Waals surface area contributed by atoms with Crippen LogP contribution in [-0.4, -0.2) is 16.8 Å². The van der Waals surface area contributed by atoms with Gasteiger partial charge in [0.25, 0.3) is 5.91 Å². The van der Waals surface area contributed by atoms with E-state index >= 15 is 0 Å². The van der Waals surface area contributed by atoms with Gasteiger partial charge < -0.3 is 0 Å². The lowest BCUT2D eigenvalue weighted by Gasteiger charge is -2.09. The van der Waals surface area contributed by atoms with E-state index in [-0.39, 0.29) is 17.7 Å². The second-order valence-corrected chi connectivity index (χ2v) is 5.57. The van der Waals surface area contributed by atoms with Crippen LogP contribution in [0.3, 0.4) is 0 Å². The quantitative estimate of drug-likeness (QED) is 0.827. The largest absolute Gasteiger partial charge is 0.273 e. The number of aromatic nitrogens is 1. The minimum absolute atomic E-state index is 0.0543. The van der Waals surface area contributed by atoms with Crippen molar-refractivity contribution in [3.05, 3.63) is 40.5 Å². The number of nitrogens with zero attached hydrogens (tertiary/aromatic N) is 1. The number of hydrogen-bond acceptors (Lipinski definition) is 3. The number of halogens is 1. The summed E-state index contributed by atoms with van der Waals surface area (Å²) in [6.45, 7) is 0. The molecule has 2 aromatic rings. The average Bonchev–Trinajstić information content (AvgIpc) is 3.30. The van der Waals surface area contributed by atoms with Crippen LogP contribution >= 0.6 is 15.9 Å². The van der Waals surface area contributed by atoms with Gasteiger partial charge in [-0.05, 0) is 47.0 Å². The molecule has 0 saturated heterocycles. The fourth-order valence-corrected chi connectivity index (χ4v) is 2.42.